The van der Waals surface area contributed by atoms with Gasteiger partial charge in [0.2, 0.25) is 10.0 Å². The van der Waals surface area contributed by atoms with E-state index in [2.05, 4.69) is 10.3 Å². The fraction of sp³-hybridized carbons (Fsp3) is 0.360. The van der Waals surface area contributed by atoms with Crippen LogP contribution >= 0.6 is 11.6 Å². The van der Waals surface area contributed by atoms with Crippen LogP contribution in [0.5, 0.6) is 5.75 Å². The van der Waals surface area contributed by atoms with E-state index in [1.807, 2.05) is 36.4 Å². The van der Waals surface area contributed by atoms with Crippen LogP contribution < -0.4 is 5.32 Å². The van der Waals surface area contributed by atoms with Gasteiger partial charge in [-0.25, -0.2) is 18.4 Å². The Morgan fingerprint density at radius 2 is 2.00 bits per heavy atom. The van der Waals surface area contributed by atoms with Gasteiger partial charge >= 0.3 is 0 Å². The molecule has 2 aromatic carbocycles. The Hall–Kier alpha value is -2.52. The second-order valence-corrected chi connectivity index (χ2v) is 11.0. The molecule has 0 saturated carbocycles. The van der Waals surface area contributed by atoms with E-state index in [4.69, 9.17) is 16.6 Å². The number of phenols is 1. The van der Waals surface area contributed by atoms with Crippen LogP contribution in [-0.4, -0.2) is 53.2 Å². The Morgan fingerprint density at radius 3 is 2.74 bits per heavy atom. The van der Waals surface area contributed by atoms with E-state index in [9.17, 15) is 13.5 Å². The van der Waals surface area contributed by atoms with E-state index < -0.39 is 10.0 Å². The van der Waals surface area contributed by atoms with E-state index in [-0.39, 0.29) is 11.8 Å². The van der Waals surface area contributed by atoms with Crippen LogP contribution in [0, 0.1) is 0 Å². The van der Waals surface area contributed by atoms with Gasteiger partial charge in [0, 0.05) is 37.3 Å². The highest BCUT2D eigenvalue weighted by atomic mass is 35.5. The minimum absolute atomic E-state index is 0.0206. The third-order valence-electron chi connectivity index (χ3n) is 6.01. The molecule has 4 rings (SSSR count). The van der Waals surface area contributed by atoms with Gasteiger partial charge in [0.15, 0.2) is 0 Å². The molecule has 1 saturated heterocycles. The number of sulfonamides is 1. The number of hydrogen-bond acceptors (Lipinski definition) is 6. The molecule has 0 spiro atoms. The first kappa shape index (κ1) is 24.6. The van der Waals surface area contributed by atoms with Gasteiger partial charge in [-0.3, -0.25) is 0 Å². The van der Waals surface area contributed by atoms with Gasteiger partial charge < -0.3 is 10.4 Å². The fourth-order valence-corrected chi connectivity index (χ4v) is 5.56. The number of benzene rings is 2. The van der Waals surface area contributed by atoms with E-state index in [1.54, 1.807) is 22.6 Å². The standard InChI is InChI=1S/C25H29ClN4O3S/c1-34(32,33)30(21-10-12-27-16-21)17-19-5-2-6-20(14-19)23-11-13-28-25(29-23)7-3-4-18-8-9-24(31)22(26)15-18/h2,5-6,8-9,11,13-15,21,27,31H,3-4,7,10,12,16-17H2,1H3. The highest BCUT2D eigenvalue weighted by molar-refractivity contribution is 7.88. The monoisotopic (exact) mass is 500 g/mol. The quantitative estimate of drug-likeness (QED) is 0.464. The van der Waals surface area contributed by atoms with Gasteiger partial charge in [-0.15, -0.1) is 0 Å². The van der Waals surface area contributed by atoms with Crippen molar-refractivity contribution in [3.05, 3.63) is 76.7 Å². The van der Waals surface area contributed by atoms with Gasteiger partial charge in [-0.05, 0) is 61.2 Å². The predicted molar refractivity (Wildman–Crippen MR) is 134 cm³/mol. The normalized spacial score (nSPS) is 16.3. The Morgan fingerprint density at radius 1 is 1.15 bits per heavy atom. The molecule has 3 aromatic rings. The van der Waals surface area contributed by atoms with Crippen LogP contribution in [0.3, 0.4) is 0 Å². The molecular weight excluding hydrogens is 472 g/mol. The highest BCUT2D eigenvalue weighted by Crippen LogP contribution is 2.25. The molecule has 2 N–H and O–H groups in total. The topological polar surface area (TPSA) is 95.4 Å². The van der Waals surface area contributed by atoms with Crippen LogP contribution in [0.15, 0.2) is 54.7 Å². The molecule has 1 atom stereocenters. The molecule has 1 fully saturated rings. The van der Waals surface area contributed by atoms with Crippen molar-refractivity contribution in [3.63, 3.8) is 0 Å². The summed E-state index contributed by atoms with van der Waals surface area (Å²) in [5.41, 5.74) is 3.73. The molecule has 0 bridgehead atoms. The Balaban J connectivity index is 1.44. The zero-order chi connectivity index (χ0) is 24.1. The third kappa shape index (κ3) is 6.33. The highest BCUT2D eigenvalue weighted by Gasteiger charge is 2.29. The number of halogens is 1. The molecule has 0 aliphatic carbocycles. The fourth-order valence-electron chi connectivity index (χ4n) is 4.25. The first-order chi connectivity index (χ1) is 16.3. The number of aromatic nitrogens is 2. The van der Waals surface area contributed by atoms with Crippen molar-refractivity contribution in [3.8, 4) is 17.0 Å². The van der Waals surface area contributed by atoms with Gasteiger partial charge in [-0.1, -0.05) is 35.9 Å². The molecule has 9 heteroatoms. The summed E-state index contributed by atoms with van der Waals surface area (Å²) in [6.45, 7) is 1.85. The lowest BCUT2D eigenvalue weighted by Gasteiger charge is -2.26. The molecule has 0 amide bonds. The van der Waals surface area contributed by atoms with Gasteiger partial charge in [0.05, 0.1) is 17.0 Å². The molecule has 1 aromatic heterocycles. The molecule has 0 radical (unpaired) electrons. The van der Waals surface area contributed by atoms with Crippen LogP contribution in [0.2, 0.25) is 5.02 Å². The number of aromatic hydroxyl groups is 1. The van der Waals surface area contributed by atoms with Gasteiger partial charge in [-0.2, -0.15) is 4.31 Å². The molecular formula is C25H29ClN4O3S. The molecule has 2 heterocycles. The van der Waals surface area contributed by atoms with E-state index in [1.165, 1.54) is 6.26 Å². The minimum Gasteiger partial charge on any atom is -0.506 e. The Kier molecular flexibility index (Phi) is 7.83. The molecule has 1 aliphatic heterocycles. The smallest absolute Gasteiger partial charge is 0.211 e. The van der Waals surface area contributed by atoms with Crippen molar-refractivity contribution < 1.29 is 13.5 Å². The lowest BCUT2D eigenvalue weighted by Crippen LogP contribution is -2.40. The number of hydrogen-bond donors (Lipinski definition) is 2. The summed E-state index contributed by atoms with van der Waals surface area (Å²) in [6.07, 6.45) is 6.22. The van der Waals surface area contributed by atoms with E-state index in [0.717, 1.165) is 54.0 Å². The van der Waals surface area contributed by atoms with Crippen molar-refractivity contribution in [2.75, 3.05) is 19.3 Å². The van der Waals surface area contributed by atoms with Gasteiger partial charge in [0.25, 0.3) is 0 Å². The SMILES string of the molecule is CS(=O)(=O)N(Cc1cccc(-c2ccnc(CCCc3ccc(O)c(Cl)c3)n2)c1)C1CCNC1. The molecule has 1 aliphatic rings. The first-order valence-corrected chi connectivity index (χ1v) is 13.6. The number of nitrogens with zero attached hydrogens (tertiary/aromatic N) is 3. The maximum absolute atomic E-state index is 12.4. The summed E-state index contributed by atoms with van der Waals surface area (Å²) < 4.78 is 26.4. The summed E-state index contributed by atoms with van der Waals surface area (Å²) in [6, 6.07) is 15.0. The second kappa shape index (κ2) is 10.8. The van der Waals surface area contributed by atoms with Crippen LogP contribution in [0.25, 0.3) is 11.3 Å². The number of phenolic OH excluding ortho intramolecular Hbond substituents is 1. The molecule has 1 unspecified atom stereocenters. The maximum atomic E-state index is 12.4. The van der Waals surface area contributed by atoms with E-state index >= 15 is 0 Å². The Labute approximate surface area is 205 Å². The minimum atomic E-state index is -3.32. The van der Waals surface area contributed by atoms with Crippen LogP contribution in [0.4, 0.5) is 0 Å². The zero-order valence-corrected chi connectivity index (χ0v) is 20.7. The summed E-state index contributed by atoms with van der Waals surface area (Å²) in [5.74, 6) is 0.839. The van der Waals surface area contributed by atoms with Crippen LogP contribution in [0.1, 0.15) is 29.8 Å². The lowest BCUT2D eigenvalue weighted by atomic mass is 10.1. The van der Waals surface area contributed by atoms with Crippen molar-refractivity contribution in [2.24, 2.45) is 0 Å². The zero-order valence-electron chi connectivity index (χ0n) is 19.1. The van der Waals surface area contributed by atoms with Crippen molar-refractivity contribution in [2.45, 2.75) is 38.3 Å². The third-order valence-corrected chi connectivity index (χ3v) is 7.59. The summed E-state index contributed by atoms with van der Waals surface area (Å²) in [7, 11) is -3.32. The van der Waals surface area contributed by atoms with E-state index in [0.29, 0.717) is 24.5 Å². The molecule has 180 valence electrons. The number of aryl methyl sites for hydroxylation is 2. The Bertz CT molecular complexity index is 1250. The predicted octanol–water partition coefficient (Wildman–Crippen LogP) is 3.80. The molecule has 34 heavy (non-hydrogen) atoms. The first-order valence-electron chi connectivity index (χ1n) is 11.4. The lowest BCUT2D eigenvalue weighted by molar-refractivity contribution is 0.331. The largest absolute Gasteiger partial charge is 0.506 e. The summed E-state index contributed by atoms with van der Waals surface area (Å²) >= 11 is 5.99. The molecule has 7 nitrogen and oxygen atoms in total. The maximum Gasteiger partial charge on any atom is 0.211 e. The van der Waals surface area contributed by atoms with Crippen molar-refractivity contribution >= 4 is 21.6 Å². The number of nitrogens with one attached hydrogen (secondary N) is 1. The summed E-state index contributed by atoms with van der Waals surface area (Å²) in [4.78, 5) is 9.14. The average molecular weight is 501 g/mol. The van der Waals surface area contributed by atoms with Crippen molar-refractivity contribution in [1.29, 1.82) is 0 Å². The summed E-state index contributed by atoms with van der Waals surface area (Å²) in [5, 5.41) is 13.2. The number of rotatable bonds is 9. The van der Waals surface area contributed by atoms with Gasteiger partial charge in [0.1, 0.15) is 11.6 Å². The second-order valence-electron chi connectivity index (χ2n) is 8.65. The van der Waals surface area contributed by atoms with Crippen molar-refractivity contribution in [1.82, 2.24) is 19.6 Å². The van der Waals surface area contributed by atoms with Crippen LogP contribution in [-0.2, 0) is 29.4 Å². The average Bonchev–Trinajstić information content (AvgIpc) is 3.34.